The van der Waals surface area contributed by atoms with Crippen LogP contribution in [-0.4, -0.2) is 37.4 Å². The molecule has 6 rings (SSSR count). The number of hydrogen-bond donors (Lipinski definition) is 1. The molecule has 0 saturated carbocycles. The number of carbonyl (C=O) groups is 1. The van der Waals surface area contributed by atoms with E-state index in [1.807, 2.05) is 74.8 Å². The number of aromatic carboxylic acids is 1. The van der Waals surface area contributed by atoms with Crippen LogP contribution in [-0.2, 0) is 4.84 Å². The van der Waals surface area contributed by atoms with E-state index in [0.717, 1.165) is 44.7 Å². The van der Waals surface area contributed by atoms with Crippen molar-refractivity contribution in [1.82, 2.24) is 14.5 Å². The molecule has 2 aromatic carbocycles. The van der Waals surface area contributed by atoms with Crippen LogP contribution in [0.5, 0.6) is 0 Å². The standard InChI is InChI=1S/C31H26N4O3/c1-19-28(20(2)38-34-19)24-16-27-29(33-17-24)25(21-11-13-23(14-12-21)31(36)37)18-35(27)30(22-8-4-3-5-9-22)26-10-6-7-15-32-26/h3-18,20,28,30H,1-2H3,(H,36,37)/t20?,28?,30-/m1/s1. The van der Waals surface area contributed by atoms with Gasteiger partial charge in [0.1, 0.15) is 12.1 Å². The maximum atomic E-state index is 11.4. The summed E-state index contributed by atoms with van der Waals surface area (Å²) in [4.78, 5) is 26.7. The second-order valence-electron chi connectivity index (χ2n) is 9.56. The van der Waals surface area contributed by atoms with E-state index in [2.05, 4.69) is 34.1 Å². The van der Waals surface area contributed by atoms with E-state index < -0.39 is 5.97 Å². The summed E-state index contributed by atoms with van der Waals surface area (Å²) in [5.74, 6) is -0.940. The number of carboxylic acid groups (broad SMARTS) is 1. The number of benzene rings is 2. The third-order valence-corrected chi connectivity index (χ3v) is 7.14. The zero-order chi connectivity index (χ0) is 26.2. The molecule has 7 nitrogen and oxygen atoms in total. The molecule has 1 N–H and O–H groups in total. The molecule has 3 aromatic heterocycles. The summed E-state index contributed by atoms with van der Waals surface area (Å²) < 4.78 is 2.22. The van der Waals surface area contributed by atoms with E-state index in [1.165, 1.54) is 0 Å². The van der Waals surface area contributed by atoms with Gasteiger partial charge in [-0.1, -0.05) is 53.7 Å². The van der Waals surface area contributed by atoms with Gasteiger partial charge in [0.05, 0.1) is 33.9 Å². The molecule has 3 atom stereocenters. The number of pyridine rings is 2. The molecule has 0 fully saturated rings. The van der Waals surface area contributed by atoms with Gasteiger partial charge in [-0.25, -0.2) is 4.79 Å². The van der Waals surface area contributed by atoms with Crippen molar-refractivity contribution in [3.63, 3.8) is 0 Å². The van der Waals surface area contributed by atoms with E-state index in [4.69, 9.17) is 14.8 Å². The molecule has 0 bridgehead atoms. The Bertz CT molecular complexity index is 1600. The second-order valence-corrected chi connectivity index (χ2v) is 9.56. The summed E-state index contributed by atoms with van der Waals surface area (Å²) in [5, 5.41) is 13.6. The largest absolute Gasteiger partial charge is 0.478 e. The zero-order valence-electron chi connectivity index (χ0n) is 21.0. The third-order valence-electron chi connectivity index (χ3n) is 7.14. The molecular weight excluding hydrogens is 476 g/mol. The molecule has 2 unspecified atom stereocenters. The monoisotopic (exact) mass is 502 g/mol. The Labute approximate surface area is 220 Å². The minimum absolute atomic E-state index is 0.0126. The molecule has 1 aliphatic rings. The van der Waals surface area contributed by atoms with Gasteiger partial charge in [-0.3, -0.25) is 9.97 Å². The Hall–Kier alpha value is -4.78. The van der Waals surface area contributed by atoms with Crippen molar-refractivity contribution in [2.45, 2.75) is 31.9 Å². The Balaban J connectivity index is 1.60. The summed E-state index contributed by atoms with van der Waals surface area (Å²) in [6.45, 7) is 4.00. The maximum Gasteiger partial charge on any atom is 0.335 e. The van der Waals surface area contributed by atoms with Gasteiger partial charge >= 0.3 is 5.97 Å². The summed E-state index contributed by atoms with van der Waals surface area (Å²) in [6.07, 6.45) is 5.72. The van der Waals surface area contributed by atoms with Crippen LogP contribution in [0.3, 0.4) is 0 Å². The Morgan fingerprint density at radius 2 is 1.76 bits per heavy atom. The van der Waals surface area contributed by atoms with Crippen molar-refractivity contribution in [1.29, 1.82) is 0 Å². The normalized spacial score (nSPS) is 17.7. The van der Waals surface area contributed by atoms with Crippen LogP contribution in [0.15, 0.2) is 103 Å². The molecule has 0 saturated heterocycles. The van der Waals surface area contributed by atoms with E-state index >= 15 is 0 Å². The van der Waals surface area contributed by atoms with Gasteiger partial charge in [-0.15, -0.1) is 0 Å². The lowest BCUT2D eigenvalue weighted by atomic mass is 9.91. The van der Waals surface area contributed by atoms with Crippen molar-refractivity contribution in [2.24, 2.45) is 5.16 Å². The first-order chi connectivity index (χ1) is 18.5. The van der Waals surface area contributed by atoms with E-state index in [1.54, 1.807) is 12.1 Å². The summed E-state index contributed by atoms with van der Waals surface area (Å²) in [6, 6.07) is 25.1. The maximum absolute atomic E-state index is 11.4. The number of nitrogens with zero attached hydrogens (tertiary/aromatic N) is 4. The topological polar surface area (TPSA) is 89.6 Å². The number of fused-ring (bicyclic) bond motifs is 1. The molecule has 0 amide bonds. The molecular formula is C31H26N4O3. The Kier molecular flexibility index (Phi) is 5.96. The first-order valence-corrected chi connectivity index (χ1v) is 12.5. The van der Waals surface area contributed by atoms with Gasteiger partial charge in [-0.05, 0) is 60.9 Å². The fraction of sp³-hybridized carbons (Fsp3) is 0.161. The Morgan fingerprint density at radius 1 is 1.00 bits per heavy atom. The van der Waals surface area contributed by atoms with Gasteiger partial charge in [-0.2, -0.15) is 0 Å². The fourth-order valence-corrected chi connectivity index (χ4v) is 5.31. The lowest BCUT2D eigenvalue weighted by Crippen LogP contribution is -2.17. The lowest BCUT2D eigenvalue weighted by molar-refractivity contribution is 0.0697. The van der Waals surface area contributed by atoms with Crippen LogP contribution in [0.1, 0.15) is 53.0 Å². The molecule has 4 heterocycles. The first kappa shape index (κ1) is 23.6. The SMILES string of the molecule is CC1=NOC(C)C1c1cnc2c(-c3ccc(C(=O)O)cc3)cn([C@H](c3ccccc3)c3ccccn3)c2c1. The summed E-state index contributed by atoms with van der Waals surface area (Å²) in [5.41, 5.74) is 7.79. The van der Waals surface area contributed by atoms with Crippen LogP contribution in [0.4, 0.5) is 0 Å². The zero-order valence-corrected chi connectivity index (χ0v) is 21.0. The molecule has 38 heavy (non-hydrogen) atoms. The van der Waals surface area contributed by atoms with Gasteiger partial charge in [0.15, 0.2) is 0 Å². The number of rotatable bonds is 6. The smallest absolute Gasteiger partial charge is 0.335 e. The molecule has 188 valence electrons. The van der Waals surface area contributed by atoms with Crippen molar-refractivity contribution in [3.05, 3.63) is 120 Å². The molecule has 5 aromatic rings. The molecule has 1 aliphatic heterocycles. The number of carboxylic acids is 1. The highest BCUT2D eigenvalue weighted by atomic mass is 16.6. The first-order valence-electron chi connectivity index (χ1n) is 12.5. The van der Waals surface area contributed by atoms with Crippen molar-refractivity contribution in [3.8, 4) is 11.1 Å². The van der Waals surface area contributed by atoms with Crippen molar-refractivity contribution < 1.29 is 14.7 Å². The summed E-state index contributed by atoms with van der Waals surface area (Å²) in [7, 11) is 0. The van der Waals surface area contributed by atoms with Crippen molar-refractivity contribution >= 4 is 22.7 Å². The van der Waals surface area contributed by atoms with E-state index in [-0.39, 0.29) is 23.6 Å². The average Bonchev–Trinajstić information content (AvgIpc) is 3.49. The van der Waals surface area contributed by atoms with E-state index in [0.29, 0.717) is 0 Å². The molecule has 7 heteroatoms. The summed E-state index contributed by atoms with van der Waals surface area (Å²) >= 11 is 0. The highest BCUT2D eigenvalue weighted by molar-refractivity contribution is 5.96. The van der Waals surface area contributed by atoms with Gasteiger partial charge in [0.2, 0.25) is 0 Å². The number of oxime groups is 1. The van der Waals surface area contributed by atoms with Gasteiger partial charge in [0, 0.05) is 24.2 Å². The second kappa shape index (κ2) is 9.59. The average molecular weight is 503 g/mol. The van der Waals surface area contributed by atoms with Crippen LogP contribution in [0, 0.1) is 0 Å². The third kappa shape index (κ3) is 4.12. The van der Waals surface area contributed by atoms with Crippen LogP contribution >= 0.6 is 0 Å². The highest BCUT2D eigenvalue weighted by Crippen LogP contribution is 2.38. The van der Waals surface area contributed by atoms with E-state index in [9.17, 15) is 9.90 Å². The van der Waals surface area contributed by atoms with Crippen molar-refractivity contribution in [2.75, 3.05) is 0 Å². The number of hydrogen-bond acceptors (Lipinski definition) is 5. The van der Waals surface area contributed by atoms with Gasteiger partial charge in [0.25, 0.3) is 0 Å². The Morgan fingerprint density at radius 3 is 2.42 bits per heavy atom. The minimum atomic E-state index is -0.953. The van der Waals surface area contributed by atoms with Crippen LogP contribution < -0.4 is 0 Å². The lowest BCUT2D eigenvalue weighted by Gasteiger charge is -2.21. The van der Waals surface area contributed by atoms with Crippen LogP contribution in [0.2, 0.25) is 0 Å². The quantitative estimate of drug-likeness (QED) is 0.294. The predicted octanol–water partition coefficient (Wildman–Crippen LogP) is 6.31. The molecule has 0 aliphatic carbocycles. The minimum Gasteiger partial charge on any atom is -0.478 e. The van der Waals surface area contributed by atoms with Crippen LogP contribution in [0.25, 0.3) is 22.2 Å². The predicted molar refractivity (Wildman–Crippen MR) is 146 cm³/mol. The highest BCUT2D eigenvalue weighted by Gasteiger charge is 2.31. The molecule has 0 radical (unpaired) electrons. The fourth-order valence-electron chi connectivity index (χ4n) is 5.31. The molecule has 0 spiro atoms. The van der Waals surface area contributed by atoms with Gasteiger partial charge < -0.3 is 14.5 Å². The number of aromatic nitrogens is 3.